The first-order valence-corrected chi connectivity index (χ1v) is 10.3. The van der Waals surface area contributed by atoms with Crippen molar-refractivity contribution in [3.63, 3.8) is 0 Å². The summed E-state index contributed by atoms with van der Waals surface area (Å²) in [5, 5.41) is 23.0. The smallest absolute Gasteiger partial charge is 0.177 e. The van der Waals surface area contributed by atoms with Gasteiger partial charge < -0.3 is 10.6 Å². The van der Waals surface area contributed by atoms with Crippen LogP contribution in [-0.2, 0) is 13.1 Å². The molecule has 2 aromatic carbocycles. The van der Waals surface area contributed by atoms with Gasteiger partial charge in [-0.25, -0.2) is 8.78 Å². The summed E-state index contributed by atoms with van der Waals surface area (Å²) in [4.78, 5) is 2.56. The average Bonchev–Trinajstić information content (AvgIpc) is 3.37. The predicted molar refractivity (Wildman–Crippen MR) is 121 cm³/mol. The van der Waals surface area contributed by atoms with Gasteiger partial charge in [-0.3, -0.25) is 0 Å². The van der Waals surface area contributed by atoms with Crippen LogP contribution in [0.15, 0.2) is 48.8 Å². The largest absolute Gasteiger partial charge is 0.314 e. The fourth-order valence-electron chi connectivity index (χ4n) is 2.78. The lowest BCUT2D eigenvalue weighted by Gasteiger charge is -2.06. The number of halogens is 4. The van der Waals surface area contributed by atoms with Gasteiger partial charge in [-0.15, -0.1) is 10.2 Å². The van der Waals surface area contributed by atoms with Gasteiger partial charge in [-0.05, 0) is 36.5 Å². The molecule has 0 aliphatic heterocycles. The molecule has 0 saturated heterocycles. The van der Waals surface area contributed by atoms with Gasteiger partial charge in [0.2, 0.25) is 0 Å². The highest BCUT2D eigenvalue weighted by Crippen LogP contribution is 2.21. The van der Waals surface area contributed by atoms with Gasteiger partial charge >= 0.3 is 0 Å². The normalized spacial score (nSPS) is 10.9. The van der Waals surface area contributed by atoms with Crippen molar-refractivity contribution in [2.75, 3.05) is 10.6 Å². The van der Waals surface area contributed by atoms with E-state index in [4.69, 9.17) is 35.4 Å². The third-order valence-electron chi connectivity index (χ3n) is 4.28. The third kappa shape index (κ3) is 5.18. The maximum Gasteiger partial charge on any atom is 0.177 e. The molecular formula is C19H14Cl2F2N8S. The van der Waals surface area contributed by atoms with Gasteiger partial charge in [0, 0.05) is 21.2 Å². The number of nitrogens with one attached hydrogen (secondary N) is 2. The van der Waals surface area contributed by atoms with Crippen molar-refractivity contribution in [1.82, 2.24) is 30.0 Å². The summed E-state index contributed by atoms with van der Waals surface area (Å²) in [6.45, 7) is 0.112. The third-order valence-corrected chi connectivity index (χ3v) is 5.19. The van der Waals surface area contributed by atoms with Gasteiger partial charge in [0.15, 0.2) is 16.7 Å². The molecule has 0 unspecified atom stereocenters. The Morgan fingerprint density at radius 1 is 0.812 bits per heavy atom. The number of anilines is 2. The molecule has 164 valence electrons. The Kier molecular flexibility index (Phi) is 6.58. The zero-order chi connectivity index (χ0) is 22.7. The number of nitrogens with zero attached hydrogens (tertiary/aromatic N) is 6. The second-order valence-electron chi connectivity index (χ2n) is 6.50. The highest BCUT2D eigenvalue weighted by molar-refractivity contribution is 7.80. The van der Waals surface area contributed by atoms with Crippen molar-refractivity contribution < 1.29 is 8.78 Å². The fraction of sp³-hybridized carbons (Fsp3) is 0.105. The van der Waals surface area contributed by atoms with E-state index in [1.54, 1.807) is 12.1 Å². The van der Waals surface area contributed by atoms with Crippen LogP contribution in [0.2, 0.25) is 10.0 Å². The molecule has 4 rings (SSSR count). The van der Waals surface area contributed by atoms with Crippen LogP contribution in [0.3, 0.4) is 0 Å². The van der Waals surface area contributed by atoms with Crippen LogP contribution in [0.4, 0.5) is 20.4 Å². The summed E-state index contributed by atoms with van der Waals surface area (Å²) in [6, 6.07) is 8.86. The molecule has 2 heterocycles. The predicted octanol–water partition coefficient (Wildman–Crippen LogP) is 4.36. The highest BCUT2D eigenvalue weighted by Gasteiger charge is 2.12. The number of hydrogen-bond acceptors (Lipinski definition) is 5. The Morgan fingerprint density at radius 3 is 1.66 bits per heavy atom. The minimum atomic E-state index is -0.443. The van der Waals surface area contributed by atoms with Gasteiger partial charge in [-0.1, -0.05) is 35.3 Å². The number of hydrogen-bond donors (Lipinski definition) is 2. The molecule has 32 heavy (non-hydrogen) atoms. The summed E-state index contributed by atoms with van der Waals surface area (Å²) >= 11 is 17.3. The summed E-state index contributed by atoms with van der Waals surface area (Å²) in [5.41, 5.74) is 0.562. The second kappa shape index (κ2) is 9.55. The van der Waals surface area contributed by atoms with Crippen molar-refractivity contribution in [3.8, 4) is 0 Å². The van der Waals surface area contributed by atoms with Crippen molar-refractivity contribution >= 4 is 52.2 Å². The fourth-order valence-corrected chi connectivity index (χ4v) is 3.43. The maximum atomic E-state index is 13.9. The minimum Gasteiger partial charge on any atom is -0.314 e. The van der Waals surface area contributed by atoms with Crippen LogP contribution in [0.5, 0.6) is 0 Å². The molecule has 2 aromatic heterocycles. The lowest BCUT2D eigenvalue weighted by atomic mass is 10.2. The summed E-state index contributed by atoms with van der Waals surface area (Å²) in [6.07, 6.45) is 2.86. The molecule has 2 N–H and O–H groups in total. The van der Waals surface area contributed by atoms with Crippen molar-refractivity contribution in [3.05, 3.63) is 81.6 Å². The monoisotopic (exact) mass is 494 g/mol. The quantitative estimate of drug-likeness (QED) is 0.385. The van der Waals surface area contributed by atoms with Crippen LogP contribution in [0, 0.1) is 11.6 Å². The van der Waals surface area contributed by atoms with Crippen LogP contribution in [0.25, 0.3) is 0 Å². The van der Waals surface area contributed by atoms with E-state index >= 15 is 0 Å². The molecule has 0 aliphatic rings. The average molecular weight is 495 g/mol. The minimum absolute atomic E-state index is 0.0559. The molecule has 0 radical (unpaired) electrons. The lowest BCUT2D eigenvalue weighted by Crippen LogP contribution is -2.20. The highest BCUT2D eigenvalue weighted by atomic mass is 35.5. The molecule has 0 aliphatic carbocycles. The number of thiocarbonyl (C=S) groups is 1. The van der Waals surface area contributed by atoms with E-state index in [0.717, 1.165) is 0 Å². The van der Waals surface area contributed by atoms with E-state index in [0.29, 0.717) is 11.6 Å². The van der Waals surface area contributed by atoms with E-state index in [9.17, 15) is 8.78 Å². The van der Waals surface area contributed by atoms with E-state index in [1.807, 2.05) is 0 Å². The SMILES string of the molecule is Fc1cccc(Cl)c1Cn1ncc(NC(=S)Nc2cnn(Cc3c(F)cccc3Cl)n2)n1. The number of aromatic nitrogens is 6. The first-order valence-electron chi connectivity index (χ1n) is 9.13. The van der Waals surface area contributed by atoms with Crippen LogP contribution in [0.1, 0.15) is 11.1 Å². The molecule has 0 amide bonds. The zero-order valence-corrected chi connectivity index (χ0v) is 18.5. The maximum absolute atomic E-state index is 13.9. The molecule has 0 saturated carbocycles. The Hall–Kier alpha value is -3.15. The molecule has 4 aromatic rings. The van der Waals surface area contributed by atoms with Crippen molar-refractivity contribution in [2.45, 2.75) is 13.1 Å². The first kappa shape index (κ1) is 22.1. The van der Waals surface area contributed by atoms with Gasteiger partial charge in [0.1, 0.15) is 11.6 Å². The number of benzene rings is 2. The Balaban J connectivity index is 1.36. The molecule has 8 nitrogen and oxygen atoms in total. The standard InChI is InChI=1S/C19H14Cl2F2N8S/c20-13-3-1-5-15(22)11(13)9-30-24-7-17(28-30)26-19(32)27-18-8-25-31(29-18)10-12-14(21)4-2-6-16(12)23/h1-8H,9-10H2,(H2,26,27,28,29,32). The Labute approximate surface area is 196 Å². The number of rotatable bonds is 6. The van der Waals surface area contributed by atoms with Crippen LogP contribution >= 0.6 is 35.4 Å². The van der Waals surface area contributed by atoms with E-state index < -0.39 is 11.6 Å². The summed E-state index contributed by atoms with van der Waals surface area (Å²) in [5.74, 6) is -0.219. The van der Waals surface area contributed by atoms with Gasteiger partial charge in [0.05, 0.1) is 25.5 Å². The first-order chi connectivity index (χ1) is 15.4. The Morgan fingerprint density at radius 2 is 1.25 bits per heavy atom. The molecule has 0 atom stereocenters. The van der Waals surface area contributed by atoms with Gasteiger partial charge in [-0.2, -0.15) is 19.8 Å². The van der Waals surface area contributed by atoms with E-state index in [2.05, 4.69) is 31.0 Å². The Bertz CT molecular complexity index is 1140. The van der Waals surface area contributed by atoms with Crippen LogP contribution < -0.4 is 10.6 Å². The summed E-state index contributed by atoms with van der Waals surface area (Å²) in [7, 11) is 0. The molecular weight excluding hydrogens is 481 g/mol. The molecule has 0 spiro atoms. The zero-order valence-electron chi connectivity index (χ0n) is 16.1. The van der Waals surface area contributed by atoms with Crippen molar-refractivity contribution in [1.29, 1.82) is 0 Å². The van der Waals surface area contributed by atoms with E-state index in [1.165, 1.54) is 46.3 Å². The van der Waals surface area contributed by atoms with Crippen LogP contribution in [-0.4, -0.2) is 35.1 Å². The van der Waals surface area contributed by atoms with Gasteiger partial charge in [0.25, 0.3) is 0 Å². The molecule has 0 fully saturated rings. The molecule has 13 heteroatoms. The van der Waals surface area contributed by atoms with E-state index in [-0.39, 0.29) is 39.4 Å². The second-order valence-corrected chi connectivity index (χ2v) is 7.72. The molecule has 0 bridgehead atoms. The summed E-state index contributed by atoms with van der Waals surface area (Å²) < 4.78 is 27.9. The lowest BCUT2D eigenvalue weighted by molar-refractivity contribution is 0.550. The topological polar surface area (TPSA) is 85.5 Å². The van der Waals surface area contributed by atoms with Crippen molar-refractivity contribution in [2.24, 2.45) is 0 Å².